The van der Waals surface area contributed by atoms with Crippen molar-refractivity contribution >= 4 is 34.2 Å². The van der Waals surface area contributed by atoms with Crippen LogP contribution in [0.15, 0.2) is 43.2 Å². The average Bonchev–Trinajstić information content (AvgIpc) is 2.79. The van der Waals surface area contributed by atoms with E-state index in [0.717, 1.165) is 12.5 Å². The molecule has 1 aliphatic rings. The molecule has 6 nitrogen and oxygen atoms in total. The van der Waals surface area contributed by atoms with E-state index in [-0.39, 0.29) is 33.6 Å². The quantitative estimate of drug-likeness (QED) is 0.581. The maximum atomic E-state index is 15.6. The highest BCUT2D eigenvalue weighted by atomic mass is 35.5. The van der Waals surface area contributed by atoms with Crippen LogP contribution in [-0.4, -0.2) is 51.6 Å². The molecule has 3 aromatic rings. The second-order valence-electron chi connectivity index (χ2n) is 7.52. The first-order valence-corrected chi connectivity index (χ1v) is 10.5. The monoisotopic (exact) mass is 458 g/mol. The Morgan fingerprint density at radius 1 is 1.31 bits per heavy atom. The number of nitrogens with zero attached hydrogens (tertiary/aromatic N) is 4. The average molecular weight is 459 g/mol. The molecular weight excluding hydrogens is 438 g/mol. The van der Waals surface area contributed by atoms with Gasteiger partial charge in [-0.05, 0) is 30.7 Å². The number of anilines is 1. The standard InChI is InChI=1S/C23H21ClF2N4O2/c1-3-13-11-29(18(32)4-2)8-9-30(13)23-14-10-15(24)19(21(26)22(14)27-12-28-23)20-16(25)6-5-7-17(20)31/h4-7,10,12-13,31H,2-3,8-9,11H2,1H3/t13-/m0/s1. The maximum Gasteiger partial charge on any atom is 0.246 e. The van der Waals surface area contributed by atoms with Crippen LogP contribution in [0.3, 0.4) is 0 Å². The smallest absolute Gasteiger partial charge is 0.246 e. The van der Waals surface area contributed by atoms with E-state index < -0.39 is 17.4 Å². The van der Waals surface area contributed by atoms with Gasteiger partial charge in [-0.3, -0.25) is 4.79 Å². The summed E-state index contributed by atoms with van der Waals surface area (Å²) in [5, 5.41) is 10.4. The van der Waals surface area contributed by atoms with Crippen molar-refractivity contribution in [2.45, 2.75) is 19.4 Å². The van der Waals surface area contributed by atoms with Crippen molar-refractivity contribution in [3.8, 4) is 16.9 Å². The molecule has 0 spiro atoms. The predicted octanol–water partition coefficient (Wildman–Crippen LogP) is 4.55. The van der Waals surface area contributed by atoms with E-state index in [4.69, 9.17) is 11.6 Å². The molecule has 1 saturated heterocycles. The van der Waals surface area contributed by atoms with Gasteiger partial charge in [0.1, 0.15) is 29.2 Å². The number of phenolic OH excluding ortho intramolecular Hbond substituents is 1. The Morgan fingerprint density at radius 2 is 2.09 bits per heavy atom. The van der Waals surface area contributed by atoms with Gasteiger partial charge in [-0.2, -0.15) is 0 Å². The van der Waals surface area contributed by atoms with Crippen LogP contribution in [0.2, 0.25) is 5.02 Å². The molecule has 0 unspecified atom stereocenters. The first kappa shape index (κ1) is 22.0. The van der Waals surface area contributed by atoms with Crippen LogP contribution in [0.5, 0.6) is 5.75 Å². The van der Waals surface area contributed by atoms with Crippen LogP contribution in [0, 0.1) is 11.6 Å². The van der Waals surface area contributed by atoms with E-state index in [1.54, 1.807) is 4.90 Å². The molecule has 0 bridgehead atoms. The van der Waals surface area contributed by atoms with Crippen LogP contribution >= 0.6 is 11.6 Å². The fourth-order valence-corrected chi connectivity index (χ4v) is 4.43. The lowest BCUT2D eigenvalue weighted by atomic mass is 10.0. The van der Waals surface area contributed by atoms with E-state index in [0.29, 0.717) is 30.8 Å². The maximum absolute atomic E-state index is 15.6. The van der Waals surface area contributed by atoms with Crippen LogP contribution < -0.4 is 4.90 Å². The topological polar surface area (TPSA) is 69.6 Å². The second-order valence-corrected chi connectivity index (χ2v) is 7.93. The van der Waals surface area contributed by atoms with Crippen molar-refractivity contribution in [2.24, 2.45) is 0 Å². The number of rotatable bonds is 4. The molecule has 1 amide bonds. The Bertz CT molecular complexity index is 1200. The highest BCUT2D eigenvalue weighted by molar-refractivity contribution is 6.34. The summed E-state index contributed by atoms with van der Waals surface area (Å²) in [6.07, 6.45) is 3.26. The third kappa shape index (κ3) is 3.64. The Hall–Kier alpha value is -3.26. The van der Waals surface area contributed by atoms with Gasteiger partial charge >= 0.3 is 0 Å². The van der Waals surface area contributed by atoms with Crippen molar-refractivity contribution in [2.75, 3.05) is 24.5 Å². The highest BCUT2D eigenvalue weighted by Crippen LogP contribution is 2.42. The molecule has 2 aromatic carbocycles. The van der Waals surface area contributed by atoms with E-state index in [1.165, 1.54) is 30.6 Å². The number of aromatic hydroxyl groups is 1. The fourth-order valence-electron chi connectivity index (χ4n) is 4.15. The molecule has 32 heavy (non-hydrogen) atoms. The Morgan fingerprint density at radius 3 is 2.78 bits per heavy atom. The second kappa shape index (κ2) is 8.70. The number of amides is 1. The summed E-state index contributed by atoms with van der Waals surface area (Å²) >= 11 is 6.40. The van der Waals surface area contributed by atoms with E-state index >= 15 is 4.39 Å². The van der Waals surface area contributed by atoms with Crippen molar-refractivity contribution in [1.29, 1.82) is 0 Å². The van der Waals surface area contributed by atoms with E-state index in [1.807, 2.05) is 11.8 Å². The summed E-state index contributed by atoms with van der Waals surface area (Å²) in [6, 6.07) is 5.14. The van der Waals surface area contributed by atoms with Gasteiger partial charge in [-0.25, -0.2) is 18.7 Å². The molecule has 0 radical (unpaired) electrons. The van der Waals surface area contributed by atoms with Crippen molar-refractivity contribution < 1.29 is 18.7 Å². The van der Waals surface area contributed by atoms with Gasteiger partial charge in [0.05, 0.1) is 10.6 Å². The molecule has 1 aromatic heterocycles. The number of benzene rings is 2. The summed E-state index contributed by atoms with van der Waals surface area (Å²) in [5.41, 5.74) is -0.607. The predicted molar refractivity (Wildman–Crippen MR) is 120 cm³/mol. The Balaban J connectivity index is 1.84. The first-order valence-electron chi connectivity index (χ1n) is 10.2. The molecule has 1 aliphatic heterocycles. The van der Waals surface area contributed by atoms with Crippen molar-refractivity contribution in [1.82, 2.24) is 14.9 Å². The normalized spacial score (nSPS) is 16.4. The molecule has 166 valence electrons. The third-order valence-corrected chi connectivity index (χ3v) is 6.05. The largest absolute Gasteiger partial charge is 0.507 e. The number of halogens is 3. The number of carbonyl (C=O) groups excluding carboxylic acids is 1. The highest BCUT2D eigenvalue weighted by Gasteiger charge is 2.31. The lowest BCUT2D eigenvalue weighted by Crippen LogP contribution is -2.54. The summed E-state index contributed by atoms with van der Waals surface area (Å²) in [7, 11) is 0. The molecule has 1 N–H and O–H groups in total. The molecule has 4 rings (SSSR count). The summed E-state index contributed by atoms with van der Waals surface area (Å²) in [5.74, 6) is -1.72. The van der Waals surface area contributed by atoms with Gasteiger partial charge in [0.15, 0.2) is 5.82 Å². The molecule has 2 heterocycles. The van der Waals surface area contributed by atoms with Gasteiger partial charge in [0.2, 0.25) is 5.91 Å². The van der Waals surface area contributed by atoms with Gasteiger partial charge < -0.3 is 14.9 Å². The SMILES string of the molecule is C=CC(=O)N1CCN(c2ncnc3c(F)c(-c4c(O)cccc4F)c(Cl)cc23)[C@@H](CC)C1. The number of fused-ring (bicyclic) bond motifs is 1. The molecule has 0 aliphatic carbocycles. The third-order valence-electron chi connectivity index (χ3n) is 5.75. The summed E-state index contributed by atoms with van der Waals surface area (Å²) in [4.78, 5) is 24.2. The van der Waals surface area contributed by atoms with Crippen LogP contribution in [0.25, 0.3) is 22.0 Å². The van der Waals surface area contributed by atoms with Crippen molar-refractivity contribution in [3.63, 3.8) is 0 Å². The number of carbonyl (C=O) groups is 1. The van der Waals surface area contributed by atoms with Gasteiger partial charge in [0, 0.05) is 36.6 Å². The fraction of sp³-hybridized carbons (Fsp3) is 0.261. The minimum atomic E-state index is -0.843. The lowest BCUT2D eigenvalue weighted by molar-refractivity contribution is -0.126. The summed E-state index contributed by atoms with van der Waals surface area (Å²) in [6.45, 7) is 6.96. The minimum Gasteiger partial charge on any atom is -0.507 e. The Labute approximate surface area is 188 Å². The number of hydrogen-bond donors (Lipinski definition) is 1. The number of aromatic nitrogens is 2. The molecule has 1 atom stereocenters. The molecule has 9 heteroatoms. The molecule has 1 fully saturated rings. The Kier molecular flexibility index (Phi) is 5.97. The van der Waals surface area contributed by atoms with Crippen LogP contribution in [0.1, 0.15) is 13.3 Å². The minimum absolute atomic E-state index is 0.0310. The summed E-state index contributed by atoms with van der Waals surface area (Å²) < 4.78 is 30.0. The zero-order valence-corrected chi connectivity index (χ0v) is 18.1. The zero-order chi connectivity index (χ0) is 23.0. The first-order chi connectivity index (χ1) is 15.4. The molecular formula is C23H21ClF2N4O2. The van der Waals surface area contributed by atoms with Crippen LogP contribution in [-0.2, 0) is 4.79 Å². The number of hydrogen-bond acceptors (Lipinski definition) is 5. The zero-order valence-electron chi connectivity index (χ0n) is 17.4. The van der Waals surface area contributed by atoms with Gasteiger partial charge in [0.25, 0.3) is 0 Å². The van der Waals surface area contributed by atoms with E-state index in [2.05, 4.69) is 16.5 Å². The number of piperazine rings is 1. The lowest BCUT2D eigenvalue weighted by Gasteiger charge is -2.41. The number of phenols is 1. The van der Waals surface area contributed by atoms with Gasteiger partial charge in [-0.1, -0.05) is 31.2 Å². The molecule has 0 saturated carbocycles. The van der Waals surface area contributed by atoms with E-state index in [9.17, 15) is 14.3 Å². The van der Waals surface area contributed by atoms with Crippen molar-refractivity contribution in [3.05, 3.63) is 59.9 Å². The van der Waals surface area contributed by atoms with Gasteiger partial charge in [-0.15, -0.1) is 0 Å². The van der Waals surface area contributed by atoms with Crippen LogP contribution in [0.4, 0.5) is 14.6 Å².